The van der Waals surface area contributed by atoms with Crippen molar-refractivity contribution in [1.82, 2.24) is 4.98 Å². The number of amides is 1. The van der Waals surface area contributed by atoms with Crippen LogP contribution in [-0.4, -0.2) is 16.7 Å². The van der Waals surface area contributed by atoms with Gasteiger partial charge in [-0.05, 0) is 67.8 Å². The quantitative estimate of drug-likeness (QED) is 0.600. The molecule has 1 amide bonds. The second kappa shape index (κ2) is 8.57. The zero-order valence-corrected chi connectivity index (χ0v) is 16.4. The molecule has 1 heterocycles. The molecule has 2 aromatic carbocycles. The molecule has 0 aliphatic heterocycles. The van der Waals surface area contributed by atoms with Gasteiger partial charge < -0.3 is 10.1 Å². The molecule has 0 bridgehead atoms. The number of carbonyl (C=O) groups is 1. The topological polar surface area (TPSA) is 63.2 Å². The molecule has 0 aliphatic carbocycles. The molecule has 0 saturated carbocycles. The molecule has 0 saturated heterocycles. The molecule has 1 aromatic heterocycles. The average Bonchev–Trinajstić information content (AvgIpc) is 2.67. The van der Waals surface area contributed by atoms with Crippen LogP contribution in [0.3, 0.4) is 0 Å². The smallest absolute Gasteiger partial charge is 0.412 e. The Morgan fingerprint density at radius 3 is 2.21 bits per heavy atom. The molecule has 0 fully saturated rings. The number of hydrogen-bond acceptors (Lipinski definition) is 4. The van der Waals surface area contributed by atoms with Gasteiger partial charge in [0.2, 0.25) is 0 Å². The lowest BCUT2D eigenvalue weighted by atomic mass is 10.1. The third-order valence-electron chi connectivity index (χ3n) is 3.98. The second-order valence-electron chi connectivity index (χ2n) is 7.50. The lowest BCUT2D eigenvalue weighted by Crippen LogP contribution is -2.27. The second-order valence-corrected chi connectivity index (χ2v) is 7.50. The standard InChI is InChI=1S/C23H25N3O2/c1-23(2,3)28-22(27)26-21-12-10-20(11-13-21)25-15-17-6-8-18(9-7-17)19-5-4-14-24-16-19/h4-14,16,25H,15H2,1-3H3,(H,26,27). The highest BCUT2D eigenvalue weighted by Crippen LogP contribution is 2.20. The number of hydrogen-bond donors (Lipinski definition) is 2. The van der Waals surface area contributed by atoms with Crippen LogP contribution in [0.1, 0.15) is 26.3 Å². The fraction of sp³-hybridized carbons (Fsp3) is 0.217. The first-order chi connectivity index (χ1) is 13.4. The molecule has 0 radical (unpaired) electrons. The van der Waals surface area contributed by atoms with Crippen molar-refractivity contribution in [2.45, 2.75) is 32.9 Å². The zero-order chi connectivity index (χ0) is 20.0. The number of ether oxygens (including phenoxy) is 1. The van der Waals surface area contributed by atoms with E-state index in [0.717, 1.165) is 16.8 Å². The maximum atomic E-state index is 11.8. The highest BCUT2D eigenvalue weighted by molar-refractivity contribution is 5.85. The third kappa shape index (κ3) is 5.84. The predicted molar refractivity (Wildman–Crippen MR) is 113 cm³/mol. The van der Waals surface area contributed by atoms with Crippen LogP contribution in [0.25, 0.3) is 11.1 Å². The molecule has 0 unspecified atom stereocenters. The van der Waals surface area contributed by atoms with Crippen LogP contribution in [0.4, 0.5) is 16.2 Å². The summed E-state index contributed by atoms with van der Waals surface area (Å²) in [7, 11) is 0. The van der Waals surface area contributed by atoms with Gasteiger partial charge in [-0.1, -0.05) is 30.3 Å². The van der Waals surface area contributed by atoms with Crippen LogP contribution in [-0.2, 0) is 11.3 Å². The van der Waals surface area contributed by atoms with E-state index < -0.39 is 11.7 Å². The van der Waals surface area contributed by atoms with Crippen LogP contribution < -0.4 is 10.6 Å². The summed E-state index contributed by atoms with van der Waals surface area (Å²) in [5.74, 6) is 0. The number of anilines is 2. The SMILES string of the molecule is CC(C)(C)OC(=O)Nc1ccc(NCc2ccc(-c3cccnc3)cc2)cc1. The minimum absolute atomic E-state index is 0.457. The van der Waals surface area contributed by atoms with Crippen molar-refractivity contribution in [2.24, 2.45) is 0 Å². The van der Waals surface area contributed by atoms with Gasteiger partial charge in [0.1, 0.15) is 5.60 Å². The monoisotopic (exact) mass is 375 g/mol. The first-order valence-electron chi connectivity index (χ1n) is 9.22. The van der Waals surface area contributed by atoms with Gasteiger partial charge in [-0.3, -0.25) is 10.3 Å². The van der Waals surface area contributed by atoms with E-state index in [2.05, 4.69) is 39.9 Å². The predicted octanol–water partition coefficient (Wildman–Crippen LogP) is 5.71. The fourth-order valence-electron chi connectivity index (χ4n) is 2.65. The van der Waals surface area contributed by atoms with E-state index in [1.807, 2.05) is 63.4 Å². The summed E-state index contributed by atoms with van der Waals surface area (Å²) >= 11 is 0. The van der Waals surface area contributed by atoms with Crippen molar-refractivity contribution in [2.75, 3.05) is 10.6 Å². The summed E-state index contributed by atoms with van der Waals surface area (Å²) in [6, 6.07) is 19.9. The van der Waals surface area contributed by atoms with Gasteiger partial charge in [0.25, 0.3) is 0 Å². The first kappa shape index (κ1) is 19.4. The van der Waals surface area contributed by atoms with Crippen LogP contribution in [0.15, 0.2) is 73.1 Å². The summed E-state index contributed by atoms with van der Waals surface area (Å²) in [4.78, 5) is 16.0. The van der Waals surface area contributed by atoms with E-state index in [1.165, 1.54) is 5.56 Å². The Kier molecular flexibility index (Phi) is 5.94. The lowest BCUT2D eigenvalue weighted by Gasteiger charge is -2.19. The van der Waals surface area contributed by atoms with Gasteiger partial charge in [0.15, 0.2) is 0 Å². The minimum Gasteiger partial charge on any atom is -0.444 e. The normalized spacial score (nSPS) is 11.0. The van der Waals surface area contributed by atoms with Crippen molar-refractivity contribution in [3.8, 4) is 11.1 Å². The third-order valence-corrected chi connectivity index (χ3v) is 3.98. The van der Waals surface area contributed by atoms with Gasteiger partial charge in [-0.15, -0.1) is 0 Å². The molecule has 5 heteroatoms. The zero-order valence-electron chi connectivity index (χ0n) is 16.4. The summed E-state index contributed by atoms with van der Waals surface area (Å²) < 4.78 is 5.25. The fourth-order valence-corrected chi connectivity index (χ4v) is 2.65. The molecule has 28 heavy (non-hydrogen) atoms. The van der Waals surface area contributed by atoms with Crippen molar-refractivity contribution in [1.29, 1.82) is 0 Å². The number of nitrogens with one attached hydrogen (secondary N) is 2. The molecule has 2 N–H and O–H groups in total. The van der Waals surface area contributed by atoms with Gasteiger partial charge in [0.05, 0.1) is 0 Å². The molecule has 3 aromatic rings. The maximum Gasteiger partial charge on any atom is 0.412 e. The van der Waals surface area contributed by atoms with E-state index in [9.17, 15) is 4.79 Å². The first-order valence-corrected chi connectivity index (χ1v) is 9.22. The van der Waals surface area contributed by atoms with Crippen LogP contribution in [0.2, 0.25) is 0 Å². The Balaban J connectivity index is 1.53. The number of carbonyl (C=O) groups excluding carboxylic acids is 1. The summed E-state index contributed by atoms with van der Waals surface area (Å²) in [6.45, 7) is 6.22. The Morgan fingerprint density at radius 1 is 0.929 bits per heavy atom. The van der Waals surface area contributed by atoms with Crippen molar-refractivity contribution < 1.29 is 9.53 Å². The molecular formula is C23H25N3O2. The molecule has 0 atom stereocenters. The number of benzene rings is 2. The number of aromatic nitrogens is 1. The van der Waals surface area contributed by atoms with Crippen molar-refractivity contribution >= 4 is 17.5 Å². The lowest BCUT2D eigenvalue weighted by molar-refractivity contribution is 0.0636. The van der Waals surface area contributed by atoms with Gasteiger partial charge >= 0.3 is 6.09 Å². The van der Waals surface area contributed by atoms with Gasteiger partial charge in [-0.2, -0.15) is 0 Å². The van der Waals surface area contributed by atoms with E-state index in [-0.39, 0.29) is 0 Å². The maximum absolute atomic E-state index is 11.8. The van der Waals surface area contributed by atoms with E-state index in [1.54, 1.807) is 6.20 Å². The summed E-state index contributed by atoms with van der Waals surface area (Å²) in [5.41, 5.74) is 4.60. The Hall–Kier alpha value is -3.34. The summed E-state index contributed by atoms with van der Waals surface area (Å²) in [5, 5.41) is 6.11. The van der Waals surface area contributed by atoms with Gasteiger partial charge in [-0.25, -0.2) is 4.79 Å². The van der Waals surface area contributed by atoms with E-state index in [0.29, 0.717) is 12.2 Å². The average molecular weight is 375 g/mol. The molecule has 3 rings (SSSR count). The highest BCUT2D eigenvalue weighted by Gasteiger charge is 2.16. The van der Waals surface area contributed by atoms with Crippen LogP contribution in [0, 0.1) is 0 Å². The molecular weight excluding hydrogens is 350 g/mol. The van der Waals surface area contributed by atoms with Crippen molar-refractivity contribution in [3.05, 3.63) is 78.6 Å². The number of rotatable bonds is 5. The van der Waals surface area contributed by atoms with E-state index >= 15 is 0 Å². The van der Waals surface area contributed by atoms with Crippen molar-refractivity contribution in [3.63, 3.8) is 0 Å². The molecule has 0 aliphatic rings. The Bertz CT molecular complexity index is 899. The Morgan fingerprint density at radius 2 is 1.61 bits per heavy atom. The highest BCUT2D eigenvalue weighted by atomic mass is 16.6. The number of pyridine rings is 1. The van der Waals surface area contributed by atoms with E-state index in [4.69, 9.17) is 4.74 Å². The molecule has 144 valence electrons. The van der Waals surface area contributed by atoms with Gasteiger partial charge in [0, 0.05) is 30.3 Å². The minimum atomic E-state index is -0.516. The molecule has 0 spiro atoms. The number of nitrogens with zero attached hydrogens (tertiary/aromatic N) is 1. The largest absolute Gasteiger partial charge is 0.444 e. The van der Waals surface area contributed by atoms with Crippen LogP contribution >= 0.6 is 0 Å². The van der Waals surface area contributed by atoms with Crippen LogP contribution in [0.5, 0.6) is 0 Å². The summed E-state index contributed by atoms with van der Waals surface area (Å²) in [6.07, 6.45) is 3.18. The molecule has 5 nitrogen and oxygen atoms in total. The Labute approximate surface area is 165 Å².